The van der Waals surface area contributed by atoms with Gasteiger partial charge in [0.05, 0.1) is 0 Å². The van der Waals surface area contributed by atoms with Crippen LogP contribution in [-0.2, 0) is 4.79 Å². The van der Waals surface area contributed by atoms with Crippen LogP contribution in [0.15, 0.2) is 12.1 Å². The van der Waals surface area contributed by atoms with E-state index in [2.05, 4.69) is 16.2 Å². The largest absolute Gasteiger partial charge is 0.481 e. The van der Waals surface area contributed by atoms with E-state index in [0.29, 0.717) is 10.8 Å². The maximum atomic E-state index is 12.1. The highest BCUT2D eigenvalue weighted by Gasteiger charge is 2.18. The van der Waals surface area contributed by atoms with E-state index in [4.69, 9.17) is 16.3 Å². The van der Waals surface area contributed by atoms with Crippen LogP contribution >= 0.6 is 11.6 Å². The molecule has 1 atom stereocenters. The number of carbonyl (C=O) groups excluding carboxylic acids is 2. The van der Waals surface area contributed by atoms with E-state index in [0.717, 1.165) is 36.8 Å². The minimum Gasteiger partial charge on any atom is -0.481 e. The zero-order chi connectivity index (χ0) is 18.4. The Morgan fingerprint density at radius 3 is 2.32 bits per heavy atom. The van der Waals surface area contributed by atoms with Crippen LogP contribution < -0.4 is 20.9 Å². The first kappa shape index (κ1) is 19.4. The van der Waals surface area contributed by atoms with Gasteiger partial charge in [-0.3, -0.25) is 10.2 Å². The number of carbonyl (C=O) groups is 2. The van der Waals surface area contributed by atoms with Crippen LogP contribution in [0.4, 0.5) is 4.79 Å². The monoisotopic (exact) mass is 367 g/mol. The summed E-state index contributed by atoms with van der Waals surface area (Å²) in [6, 6.07) is 3.34. The zero-order valence-corrected chi connectivity index (χ0v) is 15.7. The van der Waals surface area contributed by atoms with Crippen LogP contribution in [0.25, 0.3) is 0 Å². The quantitative estimate of drug-likeness (QED) is 0.713. The average molecular weight is 368 g/mol. The lowest BCUT2D eigenvalue weighted by molar-refractivity contribution is -0.128. The van der Waals surface area contributed by atoms with E-state index in [1.165, 1.54) is 6.42 Å². The SMILES string of the molecule is Cc1cc(O[C@@H](C)C(=O)NNC(=O)NC2CCCCC2)cc(C)c1Cl. The number of rotatable bonds is 4. The van der Waals surface area contributed by atoms with Crippen molar-refractivity contribution >= 4 is 23.5 Å². The number of hydrogen-bond donors (Lipinski definition) is 3. The van der Waals surface area contributed by atoms with E-state index in [-0.39, 0.29) is 6.04 Å². The van der Waals surface area contributed by atoms with Crippen LogP contribution in [0, 0.1) is 13.8 Å². The Balaban J connectivity index is 1.78. The predicted molar refractivity (Wildman–Crippen MR) is 97.7 cm³/mol. The smallest absolute Gasteiger partial charge is 0.333 e. The minimum absolute atomic E-state index is 0.180. The molecule has 2 rings (SSSR count). The molecule has 138 valence electrons. The highest BCUT2D eigenvalue weighted by Crippen LogP contribution is 2.26. The van der Waals surface area contributed by atoms with Crippen molar-refractivity contribution in [3.8, 4) is 5.75 Å². The van der Waals surface area contributed by atoms with Crippen LogP contribution in [0.3, 0.4) is 0 Å². The van der Waals surface area contributed by atoms with Crippen molar-refractivity contribution < 1.29 is 14.3 Å². The van der Waals surface area contributed by atoms with Gasteiger partial charge < -0.3 is 10.1 Å². The molecule has 3 amide bonds. The van der Waals surface area contributed by atoms with Crippen molar-refractivity contribution in [3.05, 3.63) is 28.3 Å². The molecular weight excluding hydrogens is 342 g/mol. The molecule has 3 N–H and O–H groups in total. The van der Waals surface area contributed by atoms with E-state index in [1.54, 1.807) is 19.1 Å². The molecular formula is C18H26ClN3O3. The summed E-state index contributed by atoms with van der Waals surface area (Å²) >= 11 is 6.12. The van der Waals surface area contributed by atoms with Crippen molar-refractivity contribution in [2.45, 2.75) is 65.0 Å². The summed E-state index contributed by atoms with van der Waals surface area (Å²) in [4.78, 5) is 23.9. The normalized spacial score (nSPS) is 16.0. The lowest BCUT2D eigenvalue weighted by Crippen LogP contribution is -2.52. The molecule has 7 heteroatoms. The van der Waals surface area contributed by atoms with Gasteiger partial charge in [-0.25, -0.2) is 10.2 Å². The fourth-order valence-corrected chi connectivity index (χ4v) is 3.03. The molecule has 0 saturated heterocycles. The molecule has 6 nitrogen and oxygen atoms in total. The number of nitrogens with one attached hydrogen (secondary N) is 3. The summed E-state index contributed by atoms with van der Waals surface area (Å²) < 4.78 is 5.63. The second-order valence-electron chi connectivity index (χ2n) is 6.55. The van der Waals surface area contributed by atoms with Crippen LogP contribution in [-0.4, -0.2) is 24.1 Å². The van der Waals surface area contributed by atoms with Gasteiger partial charge in [0, 0.05) is 11.1 Å². The number of ether oxygens (including phenoxy) is 1. The number of amides is 3. The van der Waals surface area contributed by atoms with Crippen molar-refractivity contribution in [1.29, 1.82) is 0 Å². The lowest BCUT2D eigenvalue weighted by atomic mass is 9.96. The molecule has 1 aromatic carbocycles. The Hall–Kier alpha value is -1.95. The van der Waals surface area contributed by atoms with Crippen LogP contribution in [0.1, 0.15) is 50.2 Å². The third-order valence-electron chi connectivity index (χ3n) is 4.33. The average Bonchev–Trinajstić information content (AvgIpc) is 2.58. The van der Waals surface area contributed by atoms with Gasteiger partial charge in [-0.05, 0) is 56.9 Å². The third-order valence-corrected chi connectivity index (χ3v) is 4.93. The molecule has 1 saturated carbocycles. The van der Waals surface area contributed by atoms with Gasteiger partial charge in [0.1, 0.15) is 5.75 Å². The second-order valence-corrected chi connectivity index (χ2v) is 6.93. The Morgan fingerprint density at radius 1 is 1.12 bits per heavy atom. The van der Waals surface area contributed by atoms with Gasteiger partial charge in [-0.2, -0.15) is 0 Å². The summed E-state index contributed by atoms with van der Waals surface area (Å²) in [6.45, 7) is 5.38. The number of aryl methyl sites for hydroxylation is 2. The predicted octanol–water partition coefficient (Wildman–Crippen LogP) is 3.39. The highest BCUT2D eigenvalue weighted by atomic mass is 35.5. The van der Waals surface area contributed by atoms with Crippen molar-refractivity contribution in [2.24, 2.45) is 0 Å². The first-order valence-electron chi connectivity index (χ1n) is 8.66. The molecule has 1 aromatic rings. The summed E-state index contributed by atoms with van der Waals surface area (Å²) in [5.41, 5.74) is 6.53. The lowest BCUT2D eigenvalue weighted by Gasteiger charge is -2.23. The van der Waals surface area contributed by atoms with Gasteiger partial charge >= 0.3 is 6.03 Å². The molecule has 0 unspecified atom stereocenters. The molecule has 1 aliphatic carbocycles. The minimum atomic E-state index is -0.755. The summed E-state index contributed by atoms with van der Waals surface area (Å²) in [5, 5.41) is 3.55. The molecule has 1 fully saturated rings. The Labute approximate surface area is 153 Å². The van der Waals surface area contributed by atoms with Crippen LogP contribution in [0.5, 0.6) is 5.75 Å². The molecule has 25 heavy (non-hydrogen) atoms. The first-order chi connectivity index (χ1) is 11.9. The van der Waals surface area contributed by atoms with Crippen LogP contribution in [0.2, 0.25) is 5.02 Å². The standard InChI is InChI=1S/C18H26ClN3O3/c1-11-9-15(10-12(2)16(11)19)25-13(3)17(23)21-22-18(24)20-14-7-5-4-6-8-14/h9-10,13-14H,4-8H2,1-3H3,(H,21,23)(H2,20,22,24)/t13-/m0/s1. The van der Waals surface area contributed by atoms with Gasteiger partial charge in [0.2, 0.25) is 0 Å². The molecule has 0 radical (unpaired) electrons. The highest BCUT2D eigenvalue weighted by molar-refractivity contribution is 6.32. The summed E-state index contributed by atoms with van der Waals surface area (Å²) in [5.74, 6) is 0.137. The number of halogens is 1. The Kier molecular flexibility index (Phi) is 6.93. The first-order valence-corrected chi connectivity index (χ1v) is 9.04. The molecule has 1 aliphatic rings. The molecule has 0 spiro atoms. The van der Waals surface area contributed by atoms with Gasteiger partial charge in [0.15, 0.2) is 6.10 Å². The van der Waals surface area contributed by atoms with E-state index in [1.807, 2.05) is 13.8 Å². The fraction of sp³-hybridized carbons (Fsp3) is 0.556. The van der Waals surface area contributed by atoms with E-state index in [9.17, 15) is 9.59 Å². The van der Waals surface area contributed by atoms with E-state index >= 15 is 0 Å². The number of urea groups is 1. The number of hydrazine groups is 1. The number of benzene rings is 1. The molecule has 0 aromatic heterocycles. The molecule has 0 heterocycles. The topological polar surface area (TPSA) is 79.5 Å². The Bertz CT molecular complexity index is 607. The third kappa shape index (κ3) is 5.81. The van der Waals surface area contributed by atoms with Gasteiger partial charge in [-0.1, -0.05) is 30.9 Å². The van der Waals surface area contributed by atoms with E-state index < -0.39 is 18.0 Å². The zero-order valence-electron chi connectivity index (χ0n) is 14.9. The fourth-order valence-electron chi connectivity index (χ4n) is 2.92. The summed E-state index contributed by atoms with van der Waals surface area (Å²) in [6.07, 6.45) is 4.68. The van der Waals surface area contributed by atoms with Crippen molar-refractivity contribution in [2.75, 3.05) is 0 Å². The molecule has 0 bridgehead atoms. The van der Waals surface area contributed by atoms with Crippen molar-refractivity contribution in [1.82, 2.24) is 16.2 Å². The van der Waals surface area contributed by atoms with Gasteiger partial charge in [0.25, 0.3) is 5.91 Å². The maximum Gasteiger partial charge on any atom is 0.333 e. The Morgan fingerprint density at radius 2 is 1.72 bits per heavy atom. The number of hydrogen-bond acceptors (Lipinski definition) is 3. The van der Waals surface area contributed by atoms with Crippen molar-refractivity contribution in [3.63, 3.8) is 0 Å². The second kappa shape index (κ2) is 8.94. The van der Waals surface area contributed by atoms with Gasteiger partial charge in [-0.15, -0.1) is 0 Å². The maximum absolute atomic E-state index is 12.1. The summed E-state index contributed by atoms with van der Waals surface area (Å²) in [7, 11) is 0. The molecule has 0 aliphatic heterocycles.